The van der Waals surface area contributed by atoms with Crippen LogP contribution < -0.4 is 16.6 Å². The molecule has 0 saturated carbocycles. The van der Waals surface area contributed by atoms with Crippen molar-refractivity contribution in [3.05, 3.63) is 28.0 Å². The number of hydrazine groups is 1. The Morgan fingerprint density at radius 3 is 2.52 bits per heavy atom. The van der Waals surface area contributed by atoms with Crippen molar-refractivity contribution in [3.8, 4) is 0 Å². The number of thiazole rings is 1. The summed E-state index contributed by atoms with van der Waals surface area (Å²) in [5.74, 6) is 8.04. The summed E-state index contributed by atoms with van der Waals surface area (Å²) in [5.41, 5.74) is 3.57. The molecule has 0 spiro atoms. The van der Waals surface area contributed by atoms with Crippen LogP contribution in [0.25, 0.3) is 0 Å². The average molecular weight is 306 g/mol. The Hall–Kier alpha value is -1.73. The second-order valence-electron chi connectivity index (χ2n) is 5.18. The predicted octanol–water partition coefficient (Wildman–Crippen LogP) is 3.21. The van der Waals surface area contributed by atoms with Gasteiger partial charge < -0.3 is 10.7 Å². The van der Waals surface area contributed by atoms with Crippen molar-refractivity contribution >= 4 is 23.0 Å². The van der Waals surface area contributed by atoms with Crippen molar-refractivity contribution in [2.45, 2.75) is 46.1 Å². The quantitative estimate of drug-likeness (QED) is 0.561. The van der Waals surface area contributed by atoms with Gasteiger partial charge >= 0.3 is 0 Å². The molecule has 2 aromatic heterocycles. The van der Waals surface area contributed by atoms with Gasteiger partial charge in [-0.25, -0.2) is 20.8 Å². The molecule has 2 aromatic rings. The number of nitrogens with two attached hydrogens (primary N) is 1. The minimum atomic E-state index is 0.143. The molecule has 21 heavy (non-hydrogen) atoms. The lowest BCUT2D eigenvalue weighted by molar-refractivity contribution is 0.723. The number of hydrogen-bond donors (Lipinski definition) is 3. The Morgan fingerprint density at radius 1 is 1.29 bits per heavy atom. The number of nitrogen functional groups attached to an aromatic ring is 1. The van der Waals surface area contributed by atoms with Crippen LogP contribution in [-0.4, -0.2) is 15.0 Å². The van der Waals surface area contributed by atoms with Crippen molar-refractivity contribution < 1.29 is 0 Å². The second kappa shape index (κ2) is 6.82. The van der Waals surface area contributed by atoms with Crippen LogP contribution in [0.15, 0.2) is 11.6 Å². The minimum absolute atomic E-state index is 0.143. The van der Waals surface area contributed by atoms with Crippen LogP contribution in [0.1, 0.15) is 55.5 Å². The molecule has 0 bridgehead atoms. The Morgan fingerprint density at radius 2 is 2.00 bits per heavy atom. The van der Waals surface area contributed by atoms with Crippen LogP contribution in [0.2, 0.25) is 0 Å². The lowest BCUT2D eigenvalue weighted by Gasteiger charge is -2.19. The molecule has 0 aliphatic heterocycles. The van der Waals surface area contributed by atoms with Gasteiger partial charge in [0.05, 0.1) is 6.04 Å². The summed E-state index contributed by atoms with van der Waals surface area (Å²) >= 11 is 1.64. The lowest BCUT2D eigenvalue weighted by atomic mass is 10.2. The monoisotopic (exact) mass is 306 g/mol. The highest BCUT2D eigenvalue weighted by molar-refractivity contribution is 7.09. The number of hydrogen-bond acceptors (Lipinski definition) is 7. The van der Waals surface area contributed by atoms with Gasteiger partial charge in [-0.3, -0.25) is 0 Å². The van der Waals surface area contributed by atoms with Gasteiger partial charge in [-0.05, 0) is 13.3 Å². The number of anilines is 2. The van der Waals surface area contributed by atoms with E-state index in [4.69, 9.17) is 5.84 Å². The molecule has 1 unspecified atom stereocenters. The van der Waals surface area contributed by atoms with E-state index < -0.39 is 0 Å². The van der Waals surface area contributed by atoms with Gasteiger partial charge in [0.1, 0.15) is 22.5 Å². The fourth-order valence-corrected chi connectivity index (χ4v) is 2.76. The van der Waals surface area contributed by atoms with E-state index in [1.165, 1.54) is 0 Å². The third-order valence-corrected chi connectivity index (χ3v) is 4.17. The zero-order valence-corrected chi connectivity index (χ0v) is 13.7. The highest BCUT2D eigenvalue weighted by Crippen LogP contribution is 2.28. The van der Waals surface area contributed by atoms with Crippen LogP contribution >= 0.6 is 11.3 Å². The molecule has 4 N–H and O–H groups in total. The fraction of sp³-hybridized carbons (Fsp3) is 0.500. The van der Waals surface area contributed by atoms with Gasteiger partial charge in [-0.1, -0.05) is 20.8 Å². The maximum Gasteiger partial charge on any atom is 0.148 e. The number of nitrogens with one attached hydrogen (secondary N) is 2. The van der Waals surface area contributed by atoms with Gasteiger partial charge in [0.2, 0.25) is 0 Å². The summed E-state index contributed by atoms with van der Waals surface area (Å²) in [6.07, 6.45) is 2.75. The van der Waals surface area contributed by atoms with E-state index in [1.807, 2.05) is 18.5 Å². The highest BCUT2D eigenvalue weighted by Gasteiger charge is 2.17. The first-order valence-corrected chi connectivity index (χ1v) is 7.95. The highest BCUT2D eigenvalue weighted by atomic mass is 32.1. The third-order valence-electron chi connectivity index (χ3n) is 3.28. The van der Waals surface area contributed by atoms with Crippen LogP contribution in [0.3, 0.4) is 0 Å². The first-order chi connectivity index (χ1) is 10.1. The maximum absolute atomic E-state index is 5.57. The SMILES string of the molecule is CCC(Nc1nc(C(C)C)nc(NN)c1C)c1nccs1. The van der Waals surface area contributed by atoms with Gasteiger partial charge in [0, 0.05) is 23.1 Å². The van der Waals surface area contributed by atoms with E-state index in [9.17, 15) is 0 Å². The first kappa shape index (κ1) is 15.7. The number of aromatic nitrogens is 3. The summed E-state index contributed by atoms with van der Waals surface area (Å²) in [7, 11) is 0. The Balaban J connectivity index is 2.35. The normalized spacial score (nSPS) is 12.5. The van der Waals surface area contributed by atoms with Gasteiger partial charge in [0.25, 0.3) is 0 Å². The van der Waals surface area contributed by atoms with Crippen molar-refractivity contribution in [3.63, 3.8) is 0 Å². The molecular weight excluding hydrogens is 284 g/mol. The first-order valence-electron chi connectivity index (χ1n) is 7.07. The van der Waals surface area contributed by atoms with Crippen molar-refractivity contribution in [1.82, 2.24) is 15.0 Å². The zero-order chi connectivity index (χ0) is 15.4. The van der Waals surface area contributed by atoms with Crippen molar-refractivity contribution in [1.29, 1.82) is 0 Å². The Bertz CT molecular complexity index is 581. The van der Waals surface area contributed by atoms with E-state index in [0.717, 1.165) is 28.6 Å². The molecule has 0 fully saturated rings. The van der Waals surface area contributed by atoms with Gasteiger partial charge in [-0.2, -0.15) is 0 Å². The summed E-state index contributed by atoms with van der Waals surface area (Å²) in [5, 5.41) is 6.51. The van der Waals surface area contributed by atoms with E-state index in [0.29, 0.717) is 5.82 Å². The molecule has 1 atom stereocenters. The Labute approximate surface area is 129 Å². The fourth-order valence-electron chi connectivity index (χ4n) is 1.98. The standard InChI is InChI=1S/C14H22N6S/c1-5-10(14-16-6-7-21-14)17-12-9(4)13(20-15)19-11(18-12)8(2)3/h6-8,10H,5,15H2,1-4H3,(H2,17,18,19,20). The van der Waals surface area contributed by atoms with Crippen molar-refractivity contribution in [2.24, 2.45) is 5.84 Å². The van der Waals surface area contributed by atoms with Gasteiger partial charge in [0.15, 0.2) is 0 Å². The summed E-state index contributed by atoms with van der Waals surface area (Å²) < 4.78 is 0. The van der Waals surface area contributed by atoms with E-state index in [2.05, 4.69) is 46.5 Å². The summed E-state index contributed by atoms with van der Waals surface area (Å²) in [6.45, 7) is 8.21. The zero-order valence-electron chi connectivity index (χ0n) is 12.8. The van der Waals surface area contributed by atoms with E-state index >= 15 is 0 Å². The average Bonchev–Trinajstić information content (AvgIpc) is 3.00. The maximum atomic E-state index is 5.57. The van der Waals surface area contributed by atoms with Crippen molar-refractivity contribution in [2.75, 3.05) is 10.7 Å². The summed E-state index contributed by atoms with van der Waals surface area (Å²) in [6, 6.07) is 0.143. The minimum Gasteiger partial charge on any atom is -0.360 e. The van der Waals surface area contributed by atoms with E-state index in [1.54, 1.807) is 11.3 Å². The van der Waals surface area contributed by atoms with Crippen LogP contribution in [-0.2, 0) is 0 Å². The molecule has 7 heteroatoms. The van der Waals surface area contributed by atoms with Crippen LogP contribution in [0.5, 0.6) is 0 Å². The molecule has 0 aromatic carbocycles. The number of nitrogens with zero attached hydrogens (tertiary/aromatic N) is 3. The molecule has 114 valence electrons. The smallest absolute Gasteiger partial charge is 0.148 e. The molecule has 0 aliphatic carbocycles. The molecule has 0 saturated heterocycles. The Kier molecular flexibility index (Phi) is 5.08. The second-order valence-corrected chi connectivity index (χ2v) is 6.10. The molecule has 0 amide bonds. The largest absolute Gasteiger partial charge is 0.360 e. The van der Waals surface area contributed by atoms with E-state index in [-0.39, 0.29) is 12.0 Å². The molecule has 0 aliphatic rings. The molecule has 0 radical (unpaired) electrons. The molecule has 6 nitrogen and oxygen atoms in total. The summed E-state index contributed by atoms with van der Waals surface area (Å²) in [4.78, 5) is 13.5. The van der Waals surface area contributed by atoms with Gasteiger partial charge in [-0.15, -0.1) is 11.3 Å². The molecule has 2 heterocycles. The number of rotatable bonds is 6. The lowest BCUT2D eigenvalue weighted by Crippen LogP contribution is -2.17. The topological polar surface area (TPSA) is 88.8 Å². The van der Waals surface area contributed by atoms with Crippen LogP contribution in [0, 0.1) is 6.92 Å². The third kappa shape index (κ3) is 3.48. The predicted molar refractivity (Wildman–Crippen MR) is 87.4 cm³/mol. The molecular formula is C14H22N6S. The van der Waals surface area contributed by atoms with Crippen LogP contribution in [0.4, 0.5) is 11.6 Å². The molecule has 2 rings (SSSR count).